The van der Waals surface area contributed by atoms with Crippen LogP contribution < -0.4 is 5.32 Å². The molecule has 0 spiro atoms. The lowest BCUT2D eigenvalue weighted by molar-refractivity contribution is -0.134. The molecule has 4 heteroatoms. The minimum Gasteiger partial charge on any atom is -0.342 e. The Labute approximate surface area is 152 Å². The van der Waals surface area contributed by atoms with Crippen molar-refractivity contribution in [1.82, 2.24) is 4.90 Å². The van der Waals surface area contributed by atoms with Crippen LogP contribution in [0, 0.1) is 18.8 Å². The number of para-hydroxylation sites is 1. The van der Waals surface area contributed by atoms with Crippen LogP contribution in [0.1, 0.15) is 64.0 Å². The molecule has 2 amide bonds. The van der Waals surface area contributed by atoms with Crippen molar-refractivity contribution in [3.8, 4) is 0 Å². The quantitative estimate of drug-likeness (QED) is 0.762. The van der Waals surface area contributed by atoms with E-state index in [9.17, 15) is 9.59 Å². The zero-order chi connectivity index (χ0) is 18.6. The van der Waals surface area contributed by atoms with Crippen molar-refractivity contribution in [1.29, 1.82) is 0 Å². The number of nitrogens with one attached hydrogen (secondary N) is 1. The number of amides is 2. The van der Waals surface area contributed by atoms with E-state index in [4.69, 9.17) is 0 Å². The van der Waals surface area contributed by atoms with Gasteiger partial charge in [-0.2, -0.15) is 0 Å². The highest BCUT2D eigenvalue weighted by atomic mass is 16.2. The normalized spacial score (nSPS) is 19.0. The van der Waals surface area contributed by atoms with Gasteiger partial charge >= 0.3 is 0 Å². The van der Waals surface area contributed by atoms with E-state index >= 15 is 0 Å². The van der Waals surface area contributed by atoms with Crippen molar-refractivity contribution in [2.45, 2.75) is 59.8 Å². The van der Waals surface area contributed by atoms with E-state index in [2.05, 4.69) is 39.1 Å². The molecule has 1 aliphatic carbocycles. The minimum absolute atomic E-state index is 0.0116. The number of carbonyl (C=O) groups excluding carboxylic acids is 2. The maximum atomic E-state index is 12.7. The van der Waals surface area contributed by atoms with Gasteiger partial charge in [-0.05, 0) is 43.2 Å². The Hall–Kier alpha value is -1.84. The molecular weight excluding hydrogens is 312 g/mol. The zero-order valence-electron chi connectivity index (χ0n) is 16.3. The lowest BCUT2D eigenvalue weighted by Gasteiger charge is -2.21. The SMILES string of the molecule is CCCN(CCC)C(=O)C1CC1C(=O)Nc1c(C)cccc1C(C)C. The molecule has 1 aliphatic rings. The minimum atomic E-state index is -0.177. The first-order valence-corrected chi connectivity index (χ1v) is 9.59. The van der Waals surface area contributed by atoms with Gasteiger partial charge in [-0.15, -0.1) is 0 Å². The lowest BCUT2D eigenvalue weighted by atomic mass is 9.98. The first-order valence-electron chi connectivity index (χ1n) is 9.59. The van der Waals surface area contributed by atoms with Gasteiger partial charge in [0.1, 0.15) is 0 Å². The van der Waals surface area contributed by atoms with Gasteiger partial charge < -0.3 is 10.2 Å². The standard InChI is InChI=1S/C21H32N2O2/c1-6-11-23(12-7-2)21(25)18-13-17(18)20(24)22-19-15(5)9-8-10-16(19)14(3)4/h8-10,14,17-18H,6-7,11-13H2,1-5H3,(H,22,24). The number of nitrogens with zero attached hydrogens (tertiary/aromatic N) is 1. The molecule has 2 rings (SSSR count). The Kier molecular flexibility index (Phi) is 6.63. The summed E-state index contributed by atoms with van der Waals surface area (Å²) in [6, 6.07) is 6.10. The fourth-order valence-corrected chi connectivity index (χ4v) is 3.42. The molecule has 0 saturated heterocycles. The summed E-state index contributed by atoms with van der Waals surface area (Å²) in [5, 5.41) is 3.10. The molecule has 1 aromatic carbocycles. The summed E-state index contributed by atoms with van der Waals surface area (Å²) in [4.78, 5) is 27.2. The molecule has 0 aromatic heterocycles. The average molecular weight is 344 g/mol. The molecule has 0 radical (unpaired) electrons. The summed E-state index contributed by atoms with van der Waals surface area (Å²) in [5.41, 5.74) is 3.14. The smallest absolute Gasteiger partial charge is 0.228 e. The zero-order valence-corrected chi connectivity index (χ0v) is 16.3. The van der Waals surface area contributed by atoms with Crippen molar-refractivity contribution in [3.63, 3.8) is 0 Å². The van der Waals surface area contributed by atoms with Gasteiger partial charge in [0.15, 0.2) is 0 Å². The second kappa shape index (κ2) is 8.50. The van der Waals surface area contributed by atoms with E-state index in [-0.39, 0.29) is 23.7 Å². The Morgan fingerprint density at radius 3 is 2.36 bits per heavy atom. The largest absolute Gasteiger partial charge is 0.342 e. The van der Waals surface area contributed by atoms with Crippen LogP contribution in [0.15, 0.2) is 18.2 Å². The highest BCUT2D eigenvalue weighted by molar-refractivity contribution is 6.00. The van der Waals surface area contributed by atoms with E-state index in [1.807, 2.05) is 24.0 Å². The van der Waals surface area contributed by atoms with Crippen molar-refractivity contribution >= 4 is 17.5 Å². The summed E-state index contributed by atoms with van der Waals surface area (Å²) in [6.45, 7) is 12.0. The van der Waals surface area contributed by atoms with Gasteiger partial charge in [0.05, 0.1) is 11.8 Å². The Morgan fingerprint density at radius 1 is 1.16 bits per heavy atom. The third-order valence-corrected chi connectivity index (χ3v) is 4.92. The molecule has 0 heterocycles. The van der Waals surface area contributed by atoms with Gasteiger partial charge in [-0.3, -0.25) is 9.59 Å². The van der Waals surface area contributed by atoms with E-state index in [1.165, 1.54) is 0 Å². The van der Waals surface area contributed by atoms with Crippen molar-refractivity contribution in [3.05, 3.63) is 29.3 Å². The number of benzene rings is 1. The first kappa shape index (κ1) is 19.5. The van der Waals surface area contributed by atoms with Crippen molar-refractivity contribution in [2.75, 3.05) is 18.4 Å². The van der Waals surface area contributed by atoms with Gasteiger partial charge in [0, 0.05) is 18.8 Å². The maximum Gasteiger partial charge on any atom is 0.228 e. The van der Waals surface area contributed by atoms with Gasteiger partial charge in [0.25, 0.3) is 0 Å². The van der Waals surface area contributed by atoms with E-state index in [0.29, 0.717) is 12.3 Å². The fraction of sp³-hybridized carbons (Fsp3) is 0.619. The molecule has 138 valence electrons. The van der Waals surface area contributed by atoms with Crippen molar-refractivity contribution < 1.29 is 9.59 Å². The van der Waals surface area contributed by atoms with Gasteiger partial charge in [0.2, 0.25) is 11.8 Å². The summed E-state index contributed by atoms with van der Waals surface area (Å²) >= 11 is 0. The summed E-state index contributed by atoms with van der Waals surface area (Å²) < 4.78 is 0. The van der Waals surface area contributed by atoms with Gasteiger partial charge in [-0.1, -0.05) is 45.9 Å². The van der Waals surface area contributed by atoms with E-state index < -0.39 is 0 Å². The van der Waals surface area contributed by atoms with Crippen LogP contribution in [0.3, 0.4) is 0 Å². The Bertz CT molecular complexity index is 618. The monoisotopic (exact) mass is 344 g/mol. The number of hydrogen-bond donors (Lipinski definition) is 1. The summed E-state index contributed by atoms with van der Waals surface area (Å²) in [6.07, 6.45) is 2.59. The molecule has 2 atom stereocenters. The van der Waals surface area contributed by atoms with Crippen LogP contribution in [-0.2, 0) is 9.59 Å². The van der Waals surface area contributed by atoms with E-state index in [1.54, 1.807) is 0 Å². The molecule has 0 aliphatic heterocycles. The van der Waals surface area contributed by atoms with Crippen LogP contribution >= 0.6 is 0 Å². The van der Waals surface area contributed by atoms with Crippen molar-refractivity contribution in [2.24, 2.45) is 11.8 Å². The molecule has 25 heavy (non-hydrogen) atoms. The number of aryl methyl sites for hydroxylation is 1. The van der Waals surface area contributed by atoms with Crippen LogP contribution in [0.2, 0.25) is 0 Å². The van der Waals surface area contributed by atoms with Crippen LogP contribution in [0.4, 0.5) is 5.69 Å². The maximum absolute atomic E-state index is 12.7. The third kappa shape index (κ3) is 4.62. The van der Waals surface area contributed by atoms with Gasteiger partial charge in [-0.25, -0.2) is 0 Å². The fourth-order valence-electron chi connectivity index (χ4n) is 3.42. The predicted octanol–water partition coefficient (Wildman–Crippen LogP) is 4.34. The second-order valence-electron chi connectivity index (χ2n) is 7.46. The molecule has 4 nitrogen and oxygen atoms in total. The topological polar surface area (TPSA) is 49.4 Å². The molecule has 0 bridgehead atoms. The molecule has 1 fully saturated rings. The third-order valence-electron chi connectivity index (χ3n) is 4.92. The summed E-state index contributed by atoms with van der Waals surface area (Å²) in [5.74, 6) is 0.171. The first-order chi connectivity index (χ1) is 11.9. The van der Waals surface area contributed by atoms with Crippen LogP contribution in [0.5, 0.6) is 0 Å². The summed E-state index contributed by atoms with van der Waals surface area (Å²) in [7, 11) is 0. The molecule has 1 N–H and O–H groups in total. The average Bonchev–Trinajstić information content (AvgIpc) is 3.36. The number of anilines is 1. The Morgan fingerprint density at radius 2 is 1.80 bits per heavy atom. The number of hydrogen-bond acceptors (Lipinski definition) is 2. The number of carbonyl (C=O) groups is 2. The lowest BCUT2D eigenvalue weighted by Crippen LogP contribution is -2.34. The molecule has 1 aromatic rings. The molecular formula is C21H32N2O2. The van der Waals surface area contributed by atoms with Crippen LogP contribution in [-0.4, -0.2) is 29.8 Å². The molecule has 1 saturated carbocycles. The Balaban J connectivity index is 2.04. The number of rotatable bonds is 8. The predicted molar refractivity (Wildman–Crippen MR) is 103 cm³/mol. The highest BCUT2D eigenvalue weighted by Gasteiger charge is 2.49. The van der Waals surface area contributed by atoms with Crippen LogP contribution in [0.25, 0.3) is 0 Å². The van der Waals surface area contributed by atoms with E-state index in [0.717, 1.165) is 42.7 Å². The molecule has 2 unspecified atom stereocenters. The second-order valence-corrected chi connectivity index (χ2v) is 7.46. The highest BCUT2D eigenvalue weighted by Crippen LogP contribution is 2.41.